The van der Waals surface area contributed by atoms with Crippen LogP contribution in [0.3, 0.4) is 0 Å². The smallest absolute Gasteiger partial charge is 0.303 e. The van der Waals surface area contributed by atoms with Crippen LogP contribution >= 0.6 is 0 Å². The highest BCUT2D eigenvalue weighted by molar-refractivity contribution is 6.00. The van der Waals surface area contributed by atoms with E-state index in [0.29, 0.717) is 5.56 Å². The SMILES string of the molecule is CC(=O)NC(CO)C(=O)CC(C(=O)NC(CO)C(=O)NCC(=O)N(C)C(Cc1ccccc1)C(=O)NC(CC(C)C)C(=O)NC(CCCN)C(=O)CC(CCC(=O)O)C(=O)NC(CC(N)=O)C(=O)CC(C)C(N)=O)C(O)C(N)=O. The first-order chi connectivity index (χ1) is 37.0. The number of nitrogens with two attached hydrogens (primary N) is 4. The number of hydrogen-bond donors (Lipinski definition) is 14. The van der Waals surface area contributed by atoms with Crippen molar-refractivity contribution in [3.8, 4) is 0 Å². The van der Waals surface area contributed by atoms with Gasteiger partial charge in [-0.2, -0.15) is 0 Å². The number of amides is 10. The minimum absolute atomic E-state index is 0.0327. The third-order valence-electron chi connectivity index (χ3n) is 12.4. The molecule has 79 heavy (non-hydrogen) atoms. The number of aliphatic hydroxyl groups excluding tert-OH is 3. The molecule has 0 heterocycles. The molecule has 0 aliphatic carbocycles. The minimum Gasteiger partial charge on any atom is -0.481 e. The van der Waals surface area contributed by atoms with Gasteiger partial charge in [0.2, 0.25) is 59.1 Å². The molecule has 0 aliphatic heterocycles. The van der Waals surface area contributed by atoms with Crippen LogP contribution in [0.25, 0.3) is 0 Å². The number of aliphatic hydroxyl groups is 3. The predicted octanol–water partition coefficient (Wildman–Crippen LogP) is -5.80. The lowest BCUT2D eigenvalue weighted by molar-refractivity contribution is -0.143. The van der Waals surface area contributed by atoms with E-state index in [-0.39, 0.29) is 38.1 Å². The number of likely N-dealkylation sites (N-methyl/N-ethyl adjacent to an activating group) is 1. The summed E-state index contributed by atoms with van der Waals surface area (Å²) < 4.78 is 0. The number of ketones is 3. The maximum Gasteiger partial charge on any atom is 0.303 e. The van der Waals surface area contributed by atoms with E-state index < -0.39 is 201 Å². The van der Waals surface area contributed by atoms with E-state index >= 15 is 0 Å². The van der Waals surface area contributed by atoms with Gasteiger partial charge in [0.25, 0.3) is 0 Å². The van der Waals surface area contributed by atoms with Crippen LogP contribution in [0.4, 0.5) is 0 Å². The standard InChI is InChI=1S/C50H77N11O18/c1-25(2)16-33(49(78)57-31(12-9-15-51)38(66)19-29(13-14-42(70)71)46(75)58-32(21-40(52)68)37(65)17-26(3)44(53)73)59-50(79)36(18-28-10-7-6-8-11-28)61(5)41(69)22-55-48(77)35(24-63)60-47(76)30(43(72)45(54)74)20-39(67)34(23-62)56-27(4)64/h6-8,10-11,25-26,29-36,43,62-63,72H,9,12-24,51H2,1-5H3,(H2,52,68)(H2,53,73)(H2,54,74)(H,55,77)(H,56,64)(H,57,78)(H,58,75)(H,59,79)(H,60,76)(H,70,71). The fourth-order valence-electron chi connectivity index (χ4n) is 7.85. The van der Waals surface area contributed by atoms with E-state index in [2.05, 4.69) is 31.9 Å². The summed E-state index contributed by atoms with van der Waals surface area (Å²) in [6, 6.07) is -0.885. The van der Waals surface area contributed by atoms with Crippen molar-refractivity contribution in [1.29, 1.82) is 0 Å². The van der Waals surface area contributed by atoms with Crippen LogP contribution in [0.5, 0.6) is 0 Å². The van der Waals surface area contributed by atoms with Gasteiger partial charge in [0.1, 0.15) is 30.3 Å². The Balaban J connectivity index is 3.48. The number of hydrogen-bond acceptors (Lipinski definition) is 18. The van der Waals surface area contributed by atoms with Gasteiger partial charge in [0.15, 0.2) is 17.3 Å². The minimum atomic E-state index is -2.32. The first kappa shape index (κ1) is 69.3. The highest BCUT2D eigenvalue weighted by Crippen LogP contribution is 2.19. The van der Waals surface area contributed by atoms with Crippen molar-refractivity contribution in [2.75, 3.05) is 33.4 Å². The number of primary amides is 3. The maximum atomic E-state index is 14.4. The second kappa shape index (κ2) is 34.9. The Morgan fingerprint density at radius 1 is 0.620 bits per heavy atom. The quantitative estimate of drug-likeness (QED) is 0.0292. The van der Waals surface area contributed by atoms with Gasteiger partial charge >= 0.3 is 5.97 Å². The van der Waals surface area contributed by atoms with E-state index in [1.807, 2.05) is 0 Å². The zero-order valence-corrected chi connectivity index (χ0v) is 44.9. The highest BCUT2D eigenvalue weighted by Gasteiger charge is 2.38. The molecule has 0 fully saturated rings. The summed E-state index contributed by atoms with van der Waals surface area (Å²) in [5.41, 5.74) is 22.1. The van der Waals surface area contributed by atoms with Gasteiger partial charge in [-0.3, -0.25) is 67.1 Å². The van der Waals surface area contributed by atoms with Crippen molar-refractivity contribution in [2.45, 2.75) is 134 Å². The summed E-state index contributed by atoms with van der Waals surface area (Å²) in [4.78, 5) is 182. The Labute approximate surface area is 455 Å². The molecule has 29 heteroatoms. The van der Waals surface area contributed by atoms with Crippen LogP contribution in [0, 0.1) is 23.7 Å². The largest absolute Gasteiger partial charge is 0.481 e. The van der Waals surface area contributed by atoms with Gasteiger partial charge < -0.3 is 80.2 Å². The average Bonchev–Trinajstić information content (AvgIpc) is 3.38. The number of Topliss-reactive ketones (excluding diaryl/α,β-unsaturated/α-hetero) is 3. The summed E-state index contributed by atoms with van der Waals surface area (Å²) in [5.74, 6) is -18.9. The summed E-state index contributed by atoms with van der Waals surface area (Å²) >= 11 is 0. The Bertz CT molecular complexity index is 2340. The Hall–Kier alpha value is -7.76. The lowest BCUT2D eigenvalue weighted by Crippen LogP contribution is -2.58. The number of benzene rings is 1. The number of carboxylic acids is 1. The first-order valence-electron chi connectivity index (χ1n) is 25.3. The zero-order valence-electron chi connectivity index (χ0n) is 44.9. The molecular weight excluding hydrogens is 1040 g/mol. The average molecular weight is 1120 g/mol. The van der Waals surface area contributed by atoms with Gasteiger partial charge in [-0.05, 0) is 43.7 Å². The zero-order chi connectivity index (χ0) is 60.3. The van der Waals surface area contributed by atoms with E-state index in [1.165, 1.54) is 14.0 Å². The van der Waals surface area contributed by atoms with E-state index in [0.717, 1.165) is 11.8 Å². The highest BCUT2D eigenvalue weighted by atomic mass is 16.4. The molecule has 10 atom stereocenters. The first-order valence-corrected chi connectivity index (χ1v) is 25.3. The second-order valence-corrected chi connectivity index (χ2v) is 19.4. The van der Waals surface area contributed by atoms with Gasteiger partial charge in [-0.1, -0.05) is 51.1 Å². The number of nitrogens with one attached hydrogen (secondary N) is 6. The van der Waals surface area contributed by atoms with E-state index in [4.69, 9.17) is 22.9 Å². The molecule has 10 unspecified atom stereocenters. The molecule has 440 valence electrons. The predicted molar refractivity (Wildman–Crippen MR) is 277 cm³/mol. The molecule has 0 saturated carbocycles. The fourth-order valence-corrected chi connectivity index (χ4v) is 7.85. The number of aliphatic carboxylic acids is 1. The van der Waals surface area contributed by atoms with Crippen molar-refractivity contribution in [3.05, 3.63) is 35.9 Å². The van der Waals surface area contributed by atoms with Gasteiger partial charge in [-0.15, -0.1) is 0 Å². The molecule has 10 amide bonds. The lowest BCUT2D eigenvalue weighted by Gasteiger charge is -2.31. The Morgan fingerprint density at radius 2 is 1.18 bits per heavy atom. The third-order valence-corrected chi connectivity index (χ3v) is 12.4. The maximum absolute atomic E-state index is 14.4. The van der Waals surface area contributed by atoms with Crippen molar-refractivity contribution in [1.82, 2.24) is 36.8 Å². The van der Waals surface area contributed by atoms with Gasteiger partial charge in [-0.25, -0.2) is 0 Å². The molecule has 1 aromatic rings. The molecule has 0 radical (unpaired) electrons. The Kier molecular flexibility index (Phi) is 30.6. The summed E-state index contributed by atoms with van der Waals surface area (Å²) in [5, 5.41) is 53.5. The van der Waals surface area contributed by atoms with Crippen LogP contribution in [0.2, 0.25) is 0 Å². The van der Waals surface area contributed by atoms with Crippen LogP contribution in [-0.2, 0) is 73.5 Å². The van der Waals surface area contributed by atoms with Crippen LogP contribution in [-0.4, -0.2) is 183 Å². The number of carboxylic acid groups (broad SMARTS) is 1. The number of nitrogens with zero attached hydrogens (tertiary/aromatic N) is 1. The van der Waals surface area contributed by atoms with Gasteiger partial charge in [0, 0.05) is 57.9 Å². The van der Waals surface area contributed by atoms with E-state index in [9.17, 15) is 87.5 Å². The molecular formula is C50H77N11O18. The molecule has 29 nitrogen and oxygen atoms in total. The number of carbonyl (C=O) groups is 14. The Morgan fingerprint density at radius 3 is 1.70 bits per heavy atom. The van der Waals surface area contributed by atoms with Crippen molar-refractivity contribution >= 4 is 82.4 Å². The van der Waals surface area contributed by atoms with Crippen molar-refractivity contribution in [3.63, 3.8) is 0 Å². The fraction of sp³-hybridized carbons (Fsp3) is 0.600. The lowest BCUT2D eigenvalue weighted by atomic mass is 9.90. The number of rotatable bonds is 39. The monoisotopic (exact) mass is 1120 g/mol. The molecule has 0 aliphatic rings. The summed E-state index contributed by atoms with van der Waals surface area (Å²) in [6.07, 6.45) is -6.38. The summed E-state index contributed by atoms with van der Waals surface area (Å²) in [7, 11) is 1.21. The molecule has 0 bridgehead atoms. The second-order valence-electron chi connectivity index (χ2n) is 19.4. The summed E-state index contributed by atoms with van der Waals surface area (Å²) in [6.45, 7) is 2.94. The van der Waals surface area contributed by atoms with Crippen LogP contribution in [0.1, 0.15) is 91.0 Å². The van der Waals surface area contributed by atoms with Crippen LogP contribution in [0.15, 0.2) is 30.3 Å². The molecule has 18 N–H and O–H groups in total. The van der Waals surface area contributed by atoms with E-state index in [1.54, 1.807) is 44.2 Å². The normalized spacial score (nSPS) is 14.9. The van der Waals surface area contributed by atoms with Crippen LogP contribution < -0.4 is 54.8 Å². The molecule has 0 aromatic heterocycles. The molecule has 0 spiro atoms. The van der Waals surface area contributed by atoms with Gasteiger partial charge in [0.05, 0.1) is 44.2 Å². The van der Waals surface area contributed by atoms with Crippen molar-refractivity contribution in [2.24, 2.45) is 46.6 Å². The topological polar surface area (TPSA) is 499 Å². The molecule has 1 aromatic carbocycles. The number of carbonyl (C=O) groups excluding carboxylic acids is 13. The molecule has 1 rings (SSSR count). The van der Waals surface area contributed by atoms with Crippen molar-refractivity contribution < 1.29 is 87.5 Å². The third kappa shape index (κ3) is 25.1. The molecule has 0 saturated heterocycles.